The van der Waals surface area contributed by atoms with Gasteiger partial charge in [-0.2, -0.15) is 0 Å². The lowest BCUT2D eigenvalue weighted by Crippen LogP contribution is -2.44. The molecule has 0 aromatic heterocycles. The molecule has 1 saturated heterocycles. The van der Waals surface area contributed by atoms with Crippen molar-refractivity contribution >= 4 is 5.97 Å². The van der Waals surface area contributed by atoms with E-state index >= 15 is 0 Å². The molecule has 15 heavy (non-hydrogen) atoms. The van der Waals surface area contributed by atoms with E-state index in [0.717, 1.165) is 26.1 Å². The molecule has 1 unspecified atom stereocenters. The fraction of sp³-hybridized carbons (Fsp3) is 0.900. The molecule has 0 saturated carbocycles. The van der Waals surface area contributed by atoms with Gasteiger partial charge in [-0.3, -0.25) is 9.69 Å². The Morgan fingerprint density at radius 1 is 1.67 bits per heavy atom. The maximum atomic E-state index is 10.9. The van der Waals surface area contributed by atoms with Gasteiger partial charge in [0, 0.05) is 19.5 Å². The number of hydrogen-bond donors (Lipinski definition) is 1. The molecule has 0 spiro atoms. The van der Waals surface area contributed by atoms with Crippen LogP contribution in [0.1, 0.15) is 12.8 Å². The molecule has 1 aliphatic rings. The number of esters is 1. The molecule has 0 amide bonds. The molecule has 1 heterocycles. The molecular formula is C10H19NO4. The van der Waals surface area contributed by atoms with Gasteiger partial charge in [0.05, 0.1) is 26.4 Å². The minimum absolute atomic E-state index is 0.0630. The highest BCUT2D eigenvalue weighted by Gasteiger charge is 2.19. The van der Waals surface area contributed by atoms with Crippen molar-refractivity contribution in [2.45, 2.75) is 18.9 Å². The summed E-state index contributed by atoms with van der Waals surface area (Å²) in [5.41, 5.74) is 0. The Morgan fingerprint density at radius 2 is 2.47 bits per heavy atom. The van der Waals surface area contributed by atoms with Gasteiger partial charge in [0.25, 0.3) is 0 Å². The number of morpholine rings is 1. The Bertz CT molecular complexity index is 198. The molecule has 0 aromatic rings. The highest BCUT2D eigenvalue weighted by atomic mass is 16.5. The maximum Gasteiger partial charge on any atom is 0.305 e. The van der Waals surface area contributed by atoms with Gasteiger partial charge in [-0.05, 0) is 13.0 Å². The van der Waals surface area contributed by atoms with Crippen LogP contribution in [0.15, 0.2) is 0 Å². The highest BCUT2D eigenvalue weighted by molar-refractivity contribution is 5.69. The minimum Gasteiger partial charge on any atom is -0.469 e. The van der Waals surface area contributed by atoms with Gasteiger partial charge in [-0.25, -0.2) is 0 Å². The van der Waals surface area contributed by atoms with Crippen LogP contribution in [-0.2, 0) is 14.3 Å². The lowest BCUT2D eigenvalue weighted by Gasteiger charge is -2.31. The Hall–Kier alpha value is -0.650. The summed E-state index contributed by atoms with van der Waals surface area (Å²) in [6.45, 7) is 3.20. The molecule has 0 bridgehead atoms. The van der Waals surface area contributed by atoms with E-state index in [1.54, 1.807) is 0 Å². The van der Waals surface area contributed by atoms with Crippen LogP contribution in [0.2, 0.25) is 0 Å². The third-order valence-corrected chi connectivity index (χ3v) is 2.51. The minimum atomic E-state index is -0.165. The first-order chi connectivity index (χ1) is 7.26. The SMILES string of the molecule is COC(=O)CCCN1CCOC(CO)C1. The van der Waals surface area contributed by atoms with Crippen LogP contribution in [0.25, 0.3) is 0 Å². The van der Waals surface area contributed by atoms with Crippen LogP contribution in [-0.4, -0.2) is 62.0 Å². The summed E-state index contributed by atoms with van der Waals surface area (Å²) in [5.74, 6) is -0.165. The Morgan fingerprint density at radius 3 is 3.13 bits per heavy atom. The van der Waals surface area contributed by atoms with Crippen molar-refractivity contribution in [3.05, 3.63) is 0 Å². The van der Waals surface area contributed by atoms with Gasteiger partial charge >= 0.3 is 5.97 Å². The Kier molecular flexibility index (Phi) is 5.60. The average molecular weight is 217 g/mol. The number of rotatable bonds is 5. The Labute approximate surface area is 90.0 Å². The molecule has 1 aliphatic heterocycles. The van der Waals surface area contributed by atoms with Crippen molar-refractivity contribution in [2.75, 3.05) is 40.0 Å². The molecule has 5 heteroatoms. The van der Waals surface area contributed by atoms with E-state index in [0.29, 0.717) is 13.0 Å². The maximum absolute atomic E-state index is 10.9. The van der Waals surface area contributed by atoms with Gasteiger partial charge < -0.3 is 14.6 Å². The fourth-order valence-corrected chi connectivity index (χ4v) is 1.64. The van der Waals surface area contributed by atoms with E-state index in [1.807, 2.05) is 0 Å². The van der Waals surface area contributed by atoms with E-state index in [9.17, 15) is 4.79 Å². The first-order valence-electron chi connectivity index (χ1n) is 5.28. The summed E-state index contributed by atoms with van der Waals surface area (Å²) in [5, 5.41) is 8.93. The normalized spacial score (nSPS) is 22.7. The van der Waals surface area contributed by atoms with Crippen LogP contribution < -0.4 is 0 Å². The zero-order valence-corrected chi connectivity index (χ0v) is 9.15. The van der Waals surface area contributed by atoms with Crippen molar-refractivity contribution in [2.24, 2.45) is 0 Å². The Balaban J connectivity index is 2.12. The zero-order chi connectivity index (χ0) is 11.1. The molecule has 0 radical (unpaired) electrons. The molecule has 88 valence electrons. The zero-order valence-electron chi connectivity index (χ0n) is 9.15. The first kappa shape index (κ1) is 12.4. The lowest BCUT2D eigenvalue weighted by molar-refractivity contribution is -0.140. The summed E-state index contributed by atoms with van der Waals surface area (Å²) in [7, 11) is 1.40. The first-order valence-corrected chi connectivity index (χ1v) is 5.28. The van der Waals surface area contributed by atoms with E-state index in [2.05, 4.69) is 9.64 Å². The summed E-state index contributed by atoms with van der Waals surface area (Å²) in [4.78, 5) is 13.1. The average Bonchev–Trinajstić information content (AvgIpc) is 2.29. The molecule has 1 rings (SSSR count). The second-order valence-corrected chi connectivity index (χ2v) is 3.66. The molecule has 0 aliphatic carbocycles. The number of hydrogen-bond acceptors (Lipinski definition) is 5. The smallest absolute Gasteiger partial charge is 0.305 e. The number of aliphatic hydroxyl groups is 1. The van der Waals surface area contributed by atoms with Crippen LogP contribution in [0.3, 0.4) is 0 Å². The van der Waals surface area contributed by atoms with Crippen molar-refractivity contribution < 1.29 is 19.4 Å². The van der Waals surface area contributed by atoms with Crippen molar-refractivity contribution in [3.8, 4) is 0 Å². The third kappa shape index (κ3) is 4.59. The summed E-state index contributed by atoms with van der Waals surface area (Å²) in [6, 6.07) is 0. The predicted octanol–water partition coefficient (Wildman–Crippen LogP) is -0.367. The van der Waals surface area contributed by atoms with Gasteiger partial charge in [0.1, 0.15) is 0 Å². The van der Waals surface area contributed by atoms with Crippen molar-refractivity contribution in [3.63, 3.8) is 0 Å². The van der Waals surface area contributed by atoms with Gasteiger partial charge in [-0.1, -0.05) is 0 Å². The van der Waals surface area contributed by atoms with Crippen molar-refractivity contribution in [1.29, 1.82) is 0 Å². The largest absolute Gasteiger partial charge is 0.469 e. The number of carbonyl (C=O) groups is 1. The van der Waals surface area contributed by atoms with E-state index in [-0.39, 0.29) is 18.7 Å². The summed E-state index contributed by atoms with van der Waals surface area (Å²) < 4.78 is 9.88. The van der Waals surface area contributed by atoms with Gasteiger partial charge in [-0.15, -0.1) is 0 Å². The molecular weight excluding hydrogens is 198 g/mol. The number of aliphatic hydroxyl groups excluding tert-OH is 1. The quantitative estimate of drug-likeness (QED) is 0.637. The number of nitrogens with zero attached hydrogens (tertiary/aromatic N) is 1. The van der Waals surface area contributed by atoms with Crippen LogP contribution >= 0.6 is 0 Å². The number of methoxy groups -OCH3 is 1. The standard InChI is InChI=1S/C10H19NO4/c1-14-10(13)3-2-4-11-5-6-15-9(7-11)8-12/h9,12H,2-8H2,1H3. The molecule has 1 fully saturated rings. The number of carbonyl (C=O) groups excluding carboxylic acids is 1. The molecule has 1 N–H and O–H groups in total. The second kappa shape index (κ2) is 6.76. The van der Waals surface area contributed by atoms with E-state index in [4.69, 9.17) is 9.84 Å². The fourth-order valence-electron chi connectivity index (χ4n) is 1.64. The number of ether oxygens (including phenoxy) is 2. The van der Waals surface area contributed by atoms with Crippen molar-refractivity contribution in [1.82, 2.24) is 4.90 Å². The summed E-state index contributed by atoms with van der Waals surface area (Å²) >= 11 is 0. The van der Waals surface area contributed by atoms with Gasteiger partial charge in [0.15, 0.2) is 0 Å². The molecule has 5 nitrogen and oxygen atoms in total. The summed E-state index contributed by atoms with van der Waals surface area (Å²) in [6.07, 6.45) is 1.18. The topological polar surface area (TPSA) is 59.0 Å². The van der Waals surface area contributed by atoms with E-state index < -0.39 is 0 Å². The van der Waals surface area contributed by atoms with Gasteiger partial charge in [0.2, 0.25) is 0 Å². The third-order valence-electron chi connectivity index (χ3n) is 2.51. The lowest BCUT2D eigenvalue weighted by atomic mass is 10.2. The monoisotopic (exact) mass is 217 g/mol. The van der Waals surface area contributed by atoms with Crippen LogP contribution in [0, 0.1) is 0 Å². The van der Waals surface area contributed by atoms with E-state index in [1.165, 1.54) is 7.11 Å². The molecule has 0 aromatic carbocycles. The predicted molar refractivity (Wildman–Crippen MR) is 54.5 cm³/mol. The van der Waals surface area contributed by atoms with Crippen LogP contribution in [0.4, 0.5) is 0 Å². The highest BCUT2D eigenvalue weighted by Crippen LogP contribution is 2.06. The molecule has 1 atom stereocenters. The van der Waals surface area contributed by atoms with Crippen LogP contribution in [0.5, 0.6) is 0 Å². The second-order valence-electron chi connectivity index (χ2n) is 3.66.